The number of carbonyl (C=O) groups is 1. The van der Waals surface area contributed by atoms with Gasteiger partial charge in [-0.05, 0) is 27.2 Å². The number of aryl methyl sites for hydroxylation is 1. The van der Waals surface area contributed by atoms with Crippen molar-refractivity contribution in [3.8, 4) is 0 Å². The summed E-state index contributed by atoms with van der Waals surface area (Å²) in [5.74, 6) is -0.476. The number of esters is 1. The number of nitrogens with zero attached hydrogens (tertiary/aromatic N) is 4. The van der Waals surface area contributed by atoms with Crippen molar-refractivity contribution in [2.75, 3.05) is 12.3 Å². The van der Waals surface area contributed by atoms with Gasteiger partial charge in [-0.3, -0.25) is 0 Å². The zero-order chi connectivity index (χ0) is 15.9. The summed E-state index contributed by atoms with van der Waals surface area (Å²) in [6, 6.07) is 0. The van der Waals surface area contributed by atoms with Crippen LogP contribution in [0.2, 0.25) is 0 Å². The van der Waals surface area contributed by atoms with Crippen LogP contribution >= 0.6 is 0 Å². The van der Waals surface area contributed by atoms with E-state index in [1.807, 2.05) is 4.57 Å². The second kappa shape index (κ2) is 5.20. The van der Waals surface area contributed by atoms with Crippen molar-refractivity contribution in [1.82, 2.24) is 19.5 Å². The molecule has 2 aromatic rings. The van der Waals surface area contributed by atoms with Crippen LogP contribution in [-0.2, 0) is 16.0 Å². The number of nitrogens with two attached hydrogens (primary N) is 1. The van der Waals surface area contributed by atoms with Gasteiger partial charge in [-0.25, -0.2) is 19.7 Å². The van der Waals surface area contributed by atoms with Crippen molar-refractivity contribution >= 4 is 23.0 Å². The number of anilines is 1. The minimum absolute atomic E-state index is 0.0515. The summed E-state index contributed by atoms with van der Waals surface area (Å²) < 4.78 is 12.3. The van der Waals surface area contributed by atoms with E-state index < -0.39 is 11.6 Å². The molecule has 8 heteroatoms. The lowest BCUT2D eigenvalue weighted by atomic mass is 10.2. The van der Waals surface area contributed by atoms with Crippen molar-refractivity contribution in [1.29, 1.82) is 0 Å². The summed E-state index contributed by atoms with van der Waals surface area (Å²) in [6.07, 6.45) is 2.83. The Morgan fingerprint density at radius 3 is 2.86 bits per heavy atom. The van der Waals surface area contributed by atoms with E-state index in [0.29, 0.717) is 23.8 Å². The molecular formula is C14H19N5O3. The molecule has 0 amide bonds. The van der Waals surface area contributed by atoms with E-state index in [1.165, 1.54) is 0 Å². The van der Waals surface area contributed by atoms with Crippen LogP contribution in [0.4, 0.5) is 5.82 Å². The van der Waals surface area contributed by atoms with E-state index in [0.717, 1.165) is 13.0 Å². The Morgan fingerprint density at radius 2 is 2.23 bits per heavy atom. The normalized spacial score (nSPS) is 17.7. The predicted octanol–water partition coefficient (Wildman–Crippen LogP) is 1.15. The molecule has 0 spiro atoms. The number of imidazole rings is 1. The van der Waals surface area contributed by atoms with Gasteiger partial charge in [-0.1, -0.05) is 0 Å². The van der Waals surface area contributed by atoms with Gasteiger partial charge in [0.2, 0.25) is 5.82 Å². The van der Waals surface area contributed by atoms with E-state index in [1.54, 1.807) is 27.1 Å². The van der Waals surface area contributed by atoms with Gasteiger partial charge >= 0.3 is 5.97 Å². The van der Waals surface area contributed by atoms with Crippen molar-refractivity contribution in [2.24, 2.45) is 0 Å². The van der Waals surface area contributed by atoms with E-state index >= 15 is 0 Å². The highest BCUT2D eigenvalue weighted by Gasteiger charge is 2.24. The summed E-state index contributed by atoms with van der Waals surface area (Å²) in [4.78, 5) is 24.6. The van der Waals surface area contributed by atoms with Crippen molar-refractivity contribution < 1.29 is 14.3 Å². The van der Waals surface area contributed by atoms with Crippen LogP contribution < -0.4 is 5.73 Å². The smallest absolute Gasteiger partial charge is 0.377 e. The third kappa shape index (κ3) is 3.16. The van der Waals surface area contributed by atoms with E-state index in [9.17, 15) is 4.79 Å². The molecule has 0 unspecified atom stereocenters. The van der Waals surface area contributed by atoms with Gasteiger partial charge < -0.3 is 19.8 Å². The molecule has 0 aromatic carbocycles. The Bertz CT molecular complexity index is 715. The number of aromatic nitrogens is 4. The van der Waals surface area contributed by atoms with Crippen LogP contribution in [0, 0.1) is 0 Å². The lowest BCUT2D eigenvalue weighted by Gasteiger charge is -2.18. The molecule has 8 nitrogen and oxygen atoms in total. The number of epoxide rings is 1. The first-order valence-electron chi connectivity index (χ1n) is 7.17. The van der Waals surface area contributed by atoms with Crippen LogP contribution in [0.5, 0.6) is 0 Å². The molecule has 1 saturated heterocycles. The van der Waals surface area contributed by atoms with Gasteiger partial charge in [-0.15, -0.1) is 0 Å². The fourth-order valence-electron chi connectivity index (χ4n) is 2.06. The van der Waals surface area contributed by atoms with Crippen LogP contribution in [0.15, 0.2) is 6.33 Å². The number of hydrogen-bond donors (Lipinski definition) is 1. The summed E-state index contributed by atoms with van der Waals surface area (Å²) in [7, 11) is 0. The molecule has 1 fully saturated rings. The summed E-state index contributed by atoms with van der Waals surface area (Å²) in [5.41, 5.74) is 6.29. The average molecular weight is 305 g/mol. The van der Waals surface area contributed by atoms with Crippen LogP contribution in [0.3, 0.4) is 0 Å². The SMILES string of the molecule is CC(C)(C)OC(=O)c1nc(N)c2ncn(CC[C@H]3CO3)c2n1. The average Bonchev–Trinajstić information content (AvgIpc) is 3.14. The minimum atomic E-state index is -0.617. The summed E-state index contributed by atoms with van der Waals surface area (Å²) >= 11 is 0. The van der Waals surface area contributed by atoms with Gasteiger partial charge in [0.25, 0.3) is 0 Å². The Balaban J connectivity index is 1.90. The molecule has 0 radical (unpaired) electrons. The number of hydrogen-bond acceptors (Lipinski definition) is 7. The maximum absolute atomic E-state index is 12.1. The molecular weight excluding hydrogens is 286 g/mol. The third-order valence-electron chi connectivity index (χ3n) is 3.17. The van der Waals surface area contributed by atoms with E-state index in [2.05, 4.69) is 15.0 Å². The van der Waals surface area contributed by atoms with E-state index in [-0.39, 0.29) is 11.6 Å². The maximum Gasteiger partial charge on any atom is 0.377 e. The zero-order valence-electron chi connectivity index (χ0n) is 12.9. The number of rotatable bonds is 4. The summed E-state index contributed by atoms with van der Waals surface area (Å²) in [6.45, 7) is 6.85. The molecule has 0 bridgehead atoms. The second-order valence-electron chi connectivity index (χ2n) is 6.29. The first-order valence-corrected chi connectivity index (χ1v) is 7.17. The lowest BCUT2D eigenvalue weighted by Crippen LogP contribution is -2.25. The molecule has 2 N–H and O–H groups in total. The van der Waals surface area contributed by atoms with Gasteiger partial charge in [0, 0.05) is 6.54 Å². The largest absolute Gasteiger partial charge is 0.454 e. The topological polar surface area (TPSA) is 108 Å². The number of carbonyl (C=O) groups excluding carboxylic acids is 1. The number of ether oxygens (including phenoxy) is 2. The highest BCUT2D eigenvalue weighted by Crippen LogP contribution is 2.20. The molecule has 2 aromatic heterocycles. The molecule has 118 valence electrons. The highest BCUT2D eigenvalue weighted by atomic mass is 16.6. The Kier molecular flexibility index (Phi) is 3.48. The standard InChI is InChI=1S/C14H19N5O3/c1-14(2,3)22-13(20)11-17-10(15)9-12(18-11)19(7-16-9)5-4-8-6-21-8/h7-8H,4-6H2,1-3H3,(H2,15,17,18)/t8-/m0/s1. The first-order chi connectivity index (χ1) is 10.3. The van der Waals surface area contributed by atoms with Gasteiger partial charge in [0.1, 0.15) is 11.1 Å². The quantitative estimate of drug-likeness (QED) is 0.666. The number of fused-ring (bicyclic) bond motifs is 1. The molecule has 22 heavy (non-hydrogen) atoms. The van der Waals surface area contributed by atoms with Crippen LogP contribution in [-0.4, -0.2) is 43.8 Å². The van der Waals surface area contributed by atoms with Gasteiger partial charge in [-0.2, -0.15) is 0 Å². The molecule has 0 saturated carbocycles. The van der Waals surface area contributed by atoms with Crippen molar-refractivity contribution in [3.05, 3.63) is 12.2 Å². The molecule has 1 aliphatic rings. The molecule has 3 heterocycles. The van der Waals surface area contributed by atoms with E-state index in [4.69, 9.17) is 15.2 Å². The fraction of sp³-hybridized carbons (Fsp3) is 0.571. The molecule has 1 aliphatic heterocycles. The lowest BCUT2D eigenvalue weighted by molar-refractivity contribution is 0.00561. The van der Waals surface area contributed by atoms with Crippen LogP contribution in [0.1, 0.15) is 37.8 Å². The first kappa shape index (κ1) is 14.7. The summed E-state index contributed by atoms with van der Waals surface area (Å²) in [5, 5.41) is 0. The number of nitrogen functional groups attached to an aromatic ring is 1. The molecule has 0 aliphatic carbocycles. The highest BCUT2D eigenvalue weighted by molar-refractivity contribution is 5.90. The zero-order valence-corrected chi connectivity index (χ0v) is 12.9. The van der Waals surface area contributed by atoms with Crippen LogP contribution in [0.25, 0.3) is 11.2 Å². The second-order valence-corrected chi connectivity index (χ2v) is 6.29. The fourth-order valence-corrected chi connectivity index (χ4v) is 2.06. The predicted molar refractivity (Wildman–Crippen MR) is 79.3 cm³/mol. The monoisotopic (exact) mass is 305 g/mol. The Morgan fingerprint density at radius 1 is 1.50 bits per heavy atom. The third-order valence-corrected chi connectivity index (χ3v) is 3.17. The van der Waals surface area contributed by atoms with Gasteiger partial charge in [0.05, 0.1) is 19.0 Å². The minimum Gasteiger partial charge on any atom is -0.454 e. The molecule has 1 atom stereocenters. The van der Waals surface area contributed by atoms with Gasteiger partial charge in [0.15, 0.2) is 11.5 Å². The Hall–Kier alpha value is -2.22. The van der Waals surface area contributed by atoms with Crippen molar-refractivity contribution in [3.63, 3.8) is 0 Å². The van der Waals surface area contributed by atoms with Crippen molar-refractivity contribution in [2.45, 2.75) is 45.4 Å². The maximum atomic E-state index is 12.1. The molecule has 3 rings (SSSR count). The Labute approximate surface area is 127 Å².